The zero-order valence-corrected chi connectivity index (χ0v) is 29.9. The highest BCUT2D eigenvalue weighted by atomic mass is 16.5. The number of carbonyl (C=O) groups is 3. The Balaban J connectivity index is 4.35. The molecule has 4 N–H and O–H groups in total. The number of aliphatic carboxylic acids is 1. The van der Waals surface area contributed by atoms with E-state index in [1.807, 2.05) is 0 Å². The molecule has 0 spiro atoms. The van der Waals surface area contributed by atoms with Crippen LogP contribution in [0.15, 0.2) is 24.3 Å². The fourth-order valence-corrected chi connectivity index (χ4v) is 5.57. The molecule has 1 amide bonds. The number of amides is 1. The van der Waals surface area contributed by atoms with Crippen LogP contribution in [0.3, 0.4) is 0 Å². The molecule has 0 heterocycles. The molecule has 7 heteroatoms. The second-order valence-corrected chi connectivity index (χ2v) is 13.0. The van der Waals surface area contributed by atoms with Crippen LogP contribution in [-0.2, 0) is 19.1 Å². The van der Waals surface area contributed by atoms with Gasteiger partial charge in [-0.2, -0.15) is 0 Å². The van der Waals surface area contributed by atoms with Gasteiger partial charge < -0.3 is 20.9 Å². The first-order chi connectivity index (χ1) is 22.4. The van der Waals surface area contributed by atoms with Gasteiger partial charge in [-0.3, -0.25) is 9.59 Å². The maximum absolute atomic E-state index is 12.6. The second-order valence-electron chi connectivity index (χ2n) is 13.0. The smallest absolute Gasteiger partial charge is 0.326 e. The number of unbranched alkanes of at least 4 members (excludes halogenated alkanes) is 18. The molecule has 0 aromatic heterocycles. The van der Waals surface area contributed by atoms with Crippen molar-refractivity contribution in [1.29, 1.82) is 0 Å². The van der Waals surface area contributed by atoms with E-state index in [2.05, 4.69) is 43.5 Å². The van der Waals surface area contributed by atoms with Crippen LogP contribution in [0, 0.1) is 0 Å². The third-order valence-electron chi connectivity index (χ3n) is 8.50. The van der Waals surface area contributed by atoms with Crippen LogP contribution >= 0.6 is 0 Å². The van der Waals surface area contributed by atoms with E-state index in [-0.39, 0.29) is 18.0 Å². The van der Waals surface area contributed by atoms with E-state index in [9.17, 15) is 19.5 Å². The number of carbonyl (C=O) groups excluding carboxylic acids is 2. The summed E-state index contributed by atoms with van der Waals surface area (Å²) < 4.78 is 5.91. The van der Waals surface area contributed by atoms with E-state index in [1.54, 1.807) is 0 Å². The molecular weight excluding hydrogens is 576 g/mol. The molecule has 0 fully saturated rings. The van der Waals surface area contributed by atoms with Crippen LogP contribution in [0.5, 0.6) is 0 Å². The normalized spacial score (nSPS) is 12.9. The highest BCUT2D eigenvalue weighted by Crippen LogP contribution is 2.16. The summed E-state index contributed by atoms with van der Waals surface area (Å²) in [6.07, 6.45) is 36.6. The van der Waals surface area contributed by atoms with Crippen molar-refractivity contribution in [2.75, 3.05) is 6.54 Å². The van der Waals surface area contributed by atoms with Crippen LogP contribution in [0.2, 0.25) is 0 Å². The molecule has 0 aliphatic heterocycles. The number of nitrogens with two attached hydrogens (primary N) is 1. The molecule has 46 heavy (non-hydrogen) atoms. The van der Waals surface area contributed by atoms with Crippen LogP contribution < -0.4 is 11.1 Å². The first kappa shape index (κ1) is 43.9. The van der Waals surface area contributed by atoms with Gasteiger partial charge in [-0.1, -0.05) is 135 Å². The fourth-order valence-electron chi connectivity index (χ4n) is 5.57. The van der Waals surface area contributed by atoms with Gasteiger partial charge in [0.15, 0.2) is 0 Å². The molecule has 7 nitrogen and oxygen atoms in total. The number of allylic oxidation sites excluding steroid dienone is 3. The van der Waals surface area contributed by atoms with E-state index in [0.717, 1.165) is 70.6 Å². The summed E-state index contributed by atoms with van der Waals surface area (Å²) in [5.41, 5.74) is 5.46. The SMILES string of the molecule is CCCCCC/C=C\C/C=C\C(CCCCCCCCC(=O)NC(CCCN)C(=O)O)OC(=O)CCCCCCCCCCCC. The molecule has 0 aliphatic carbocycles. The van der Waals surface area contributed by atoms with Crippen molar-refractivity contribution in [2.45, 2.75) is 199 Å². The number of carboxylic acid groups (broad SMARTS) is 1. The summed E-state index contributed by atoms with van der Waals surface area (Å²) in [5, 5.41) is 11.9. The number of carboxylic acids is 1. The lowest BCUT2D eigenvalue weighted by Crippen LogP contribution is -2.40. The Bertz CT molecular complexity index is 782. The van der Waals surface area contributed by atoms with Gasteiger partial charge in [-0.05, 0) is 70.4 Å². The molecule has 0 aromatic carbocycles. The van der Waals surface area contributed by atoms with Gasteiger partial charge in [0.25, 0.3) is 0 Å². The standard InChI is InChI=1S/C39H72N2O5/c1-3-5-7-9-11-13-15-17-23-27-33-38(43)46-35(29-24-20-16-14-12-10-8-6-4-2)30-25-21-18-19-22-26-32-37(42)41-36(39(44)45)31-28-34-40/h14,16,24,29,35-36H,3-13,15,17-23,25-28,30-34,40H2,1-2H3,(H,41,42)(H,44,45)/b16-14-,29-24-. The lowest BCUT2D eigenvalue weighted by Gasteiger charge is -2.15. The van der Waals surface area contributed by atoms with Crippen molar-refractivity contribution in [2.24, 2.45) is 5.73 Å². The summed E-state index contributed by atoms with van der Waals surface area (Å²) >= 11 is 0. The zero-order chi connectivity index (χ0) is 33.9. The van der Waals surface area contributed by atoms with E-state index in [1.165, 1.54) is 77.0 Å². The predicted octanol–water partition coefficient (Wildman–Crippen LogP) is 10.1. The van der Waals surface area contributed by atoms with Crippen molar-refractivity contribution in [3.8, 4) is 0 Å². The Kier molecular flexibility index (Phi) is 32.6. The maximum atomic E-state index is 12.6. The van der Waals surface area contributed by atoms with Crippen molar-refractivity contribution in [3.05, 3.63) is 24.3 Å². The molecule has 2 unspecified atom stereocenters. The Hall–Kier alpha value is -2.15. The Morgan fingerprint density at radius 2 is 1.20 bits per heavy atom. The van der Waals surface area contributed by atoms with Gasteiger partial charge >= 0.3 is 11.9 Å². The van der Waals surface area contributed by atoms with Gasteiger partial charge in [-0.25, -0.2) is 4.79 Å². The van der Waals surface area contributed by atoms with Crippen molar-refractivity contribution < 1.29 is 24.2 Å². The lowest BCUT2D eigenvalue weighted by molar-refractivity contribution is -0.147. The highest BCUT2D eigenvalue weighted by Gasteiger charge is 2.18. The minimum Gasteiger partial charge on any atom is -0.480 e. The number of hydrogen-bond acceptors (Lipinski definition) is 5. The molecule has 0 aromatic rings. The average molecular weight is 649 g/mol. The highest BCUT2D eigenvalue weighted by molar-refractivity contribution is 5.83. The topological polar surface area (TPSA) is 119 Å². The summed E-state index contributed by atoms with van der Waals surface area (Å²) in [6, 6.07) is -0.853. The van der Waals surface area contributed by atoms with E-state index < -0.39 is 12.0 Å². The number of esters is 1. The molecular formula is C39H72N2O5. The van der Waals surface area contributed by atoms with Gasteiger partial charge in [0.05, 0.1) is 0 Å². The minimum absolute atomic E-state index is 0.0767. The zero-order valence-electron chi connectivity index (χ0n) is 29.9. The molecule has 0 saturated heterocycles. The third-order valence-corrected chi connectivity index (χ3v) is 8.50. The third kappa shape index (κ3) is 30.5. The first-order valence-electron chi connectivity index (χ1n) is 19.2. The van der Waals surface area contributed by atoms with Crippen LogP contribution in [0.1, 0.15) is 187 Å². The minimum atomic E-state index is -1.01. The number of rotatable bonds is 34. The predicted molar refractivity (Wildman–Crippen MR) is 193 cm³/mol. The number of hydrogen-bond donors (Lipinski definition) is 3. The van der Waals surface area contributed by atoms with Crippen LogP contribution in [0.25, 0.3) is 0 Å². The Morgan fingerprint density at radius 3 is 1.78 bits per heavy atom. The van der Waals surface area contributed by atoms with Crippen molar-refractivity contribution in [1.82, 2.24) is 5.32 Å². The average Bonchev–Trinajstić information content (AvgIpc) is 3.03. The fraction of sp³-hybridized carbons (Fsp3) is 0.821. The van der Waals surface area contributed by atoms with Crippen molar-refractivity contribution in [3.63, 3.8) is 0 Å². The molecule has 2 atom stereocenters. The summed E-state index contributed by atoms with van der Waals surface area (Å²) in [6.45, 7) is 4.90. The Labute approximate surface area is 283 Å². The summed E-state index contributed by atoms with van der Waals surface area (Å²) in [5.74, 6) is -1.29. The van der Waals surface area contributed by atoms with Gasteiger partial charge in [-0.15, -0.1) is 0 Å². The molecule has 268 valence electrons. The monoisotopic (exact) mass is 649 g/mol. The number of nitrogens with one attached hydrogen (secondary N) is 1. The summed E-state index contributed by atoms with van der Waals surface area (Å²) in [4.78, 5) is 36.0. The van der Waals surface area contributed by atoms with Gasteiger partial charge in [0.1, 0.15) is 12.1 Å². The van der Waals surface area contributed by atoms with Gasteiger partial charge in [0.2, 0.25) is 5.91 Å². The maximum Gasteiger partial charge on any atom is 0.326 e. The van der Waals surface area contributed by atoms with Crippen LogP contribution in [0.4, 0.5) is 0 Å². The summed E-state index contributed by atoms with van der Waals surface area (Å²) in [7, 11) is 0. The molecule has 0 bridgehead atoms. The first-order valence-corrected chi connectivity index (χ1v) is 19.2. The van der Waals surface area contributed by atoms with Crippen molar-refractivity contribution >= 4 is 17.8 Å². The molecule has 0 rings (SSSR count). The van der Waals surface area contributed by atoms with Gasteiger partial charge in [0, 0.05) is 12.8 Å². The molecule has 0 saturated carbocycles. The molecule has 0 aliphatic rings. The number of ether oxygens (including phenoxy) is 1. The van der Waals surface area contributed by atoms with E-state index in [4.69, 9.17) is 10.5 Å². The second kappa shape index (κ2) is 34.2. The van der Waals surface area contributed by atoms with E-state index >= 15 is 0 Å². The lowest BCUT2D eigenvalue weighted by atomic mass is 10.0. The van der Waals surface area contributed by atoms with E-state index in [0.29, 0.717) is 32.2 Å². The Morgan fingerprint density at radius 1 is 0.652 bits per heavy atom. The largest absolute Gasteiger partial charge is 0.480 e. The quantitative estimate of drug-likeness (QED) is 0.0363. The molecule has 0 radical (unpaired) electrons. The van der Waals surface area contributed by atoms with Crippen LogP contribution in [-0.4, -0.2) is 41.6 Å².